The molecule has 0 aliphatic rings. The van der Waals surface area contributed by atoms with Gasteiger partial charge in [0.15, 0.2) is 5.60 Å². The number of nitrogens with two attached hydrogens (primary N) is 1. The van der Waals surface area contributed by atoms with Crippen molar-refractivity contribution in [2.24, 2.45) is 5.73 Å². The summed E-state index contributed by atoms with van der Waals surface area (Å²) < 4.78 is 10.9. The van der Waals surface area contributed by atoms with Gasteiger partial charge in [-0.15, -0.1) is 12.4 Å². The number of rotatable bonds is 5. The van der Waals surface area contributed by atoms with Crippen LogP contribution >= 0.6 is 12.4 Å². The van der Waals surface area contributed by atoms with Crippen LogP contribution in [0.4, 0.5) is 0 Å². The molecule has 114 valence electrons. The third-order valence-electron chi connectivity index (χ3n) is 2.88. The molecule has 0 atom stereocenters. The van der Waals surface area contributed by atoms with Gasteiger partial charge in [0.25, 0.3) is 0 Å². The lowest BCUT2D eigenvalue weighted by atomic mass is 10.0. The zero-order valence-corrected chi connectivity index (χ0v) is 13.6. The zero-order chi connectivity index (χ0) is 14.6. The van der Waals surface area contributed by atoms with Gasteiger partial charge in [-0.1, -0.05) is 12.1 Å². The number of carbonyl (C=O) groups excluding carboxylic acids is 1. The summed E-state index contributed by atoms with van der Waals surface area (Å²) in [4.78, 5) is 11.8. The third-order valence-corrected chi connectivity index (χ3v) is 2.88. The summed E-state index contributed by atoms with van der Waals surface area (Å²) in [5.41, 5.74) is 7.63. The third kappa shape index (κ3) is 4.39. The zero-order valence-electron chi connectivity index (χ0n) is 12.8. The Morgan fingerprint density at radius 2 is 1.75 bits per heavy atom. The topological polar surface area (TPSA) is 61.5 Å². The monoisotopic (exact) mass is 301 g/mol. The van der Waals surface area contributed by atoms with E-state index in [0.717, 1.165) is 22.4 Å². The molecule has 0 spiro atoms. The van der Waals surface area contributed by atoms with Gasteiger partial charge in [-0.05, 0) is 51.3 Å². The van der Waals surface area contributed by atoms with Gasteiger partial charge in [-0.2, -0.15) is 0 Å². The van der Waals surface area contributed by atoms with E-state index in [4.69, 9.17) is 15.2 Å². The Bertz CT molecular complexity index is 449. The molecule has 1 rings (SSSR count). The van der Waals surface area contributed by atoms with Crippen molar-refractivity contribution >= 4 is 18.4 Å². The minimum atomic E-state index is -1.00. The van der Waals surface area contributed by atoms with Crippen LogP contribution in [0.15, 0.2) is 12.1 Å². The first-order valence-corrected chi connectivity index (χ1v) is 6.48. The van der Waals surface area contributed by atoms with Crippen LogP contribution in [0.3, 0.4) is 0 Å². The number of carbonyl (C=O) groups is 1. The molecule has 0 aliphatic heterocycles. The molecule has 5 heteroatoms. The standard InChI is InChI=1S/C15H23NO3.ClH/c1-6-18-14(17)15(4,5)19-13-10(2)7-12(9-16)8-11(13)3;/h7-8H,6,9,16H2,1-5H3;1H. The van der Waals surface area contributed by atoms with E-state index in [-0.39, 0.29) is 18.4 Å². The molecule has 0 fully saturated rings. The lowest BCUT2D eigenvalue weighted by Crippen LogP contribution is -2.40. The lowest BCUT2D eigenvalue weighted by molar-refractivity contribution is -0.158. The highest BCUT2D eigenvalue weighted by Crippen LogP contribution is 2.29. The average Bonchev–Trinajstić information content (AvgIpc) is 2.33. The van der Waals surface area contributed by atoms with Crippen molar-refractivity contribution in [3.8, 4) is 5.75 Å². The quantitative estimate of drug-likeness (QED) is 0.850. The van der Waals surface area contributed by atoms with Crippen molar-refractivity contribution < 1.29 is 14.3 Å². The Kier molecular flexibility index (Phi) is 7.03. The van der Waals surface area contributed by atoms with Crippen LogP contribution in [-0.2, 0) is 16.1 Å². The SMILES string of the molecule is CCOC(=O)C(C)(C)Oc1c(C)cc(CN)cc1C.Cl. The van der Waals surface area contributed by atoms with Gasteiger partial charge in [0.2, 0.25) is 0 Å². The Morgan fingerprint density at radius 1 is 1.25 bits per heavy atom. The van der Waals surface area contributed by atoms with Gasteiger partial charge in [-0.3, -0.25) is 0 Å². The first-order valence-electron chi connectivity index (χ1n) is 6.48. The summed E-state index contributed by atoms with van der Waals surface area (Å²) in [7, 11) is 0. The second-order valence-corrected chi connectivity index (χ2v) is 5.10. The fraction of sp³-hybridized carbons (Fsp3) is 0.533. The lowest BCUT2D eigenvalue weighted by Gasteiger charge is -2.26. The molecule has 4 nitrogen and oxygen atoms in total. The first-order chi connectivity index (χ1) is 8.81. The molecule has 2 N–H and O–H groups in total. The van der Waals surface area contributed by atoms with Crippen LogP contribution in [0.2, 0.25) is 0 Å². The highest BCUT2D eigenvalue weighted by molar-refractivity contribution is 5.85. The van der Waals surface area contributed by atoms with E-state index < -0.39 is 5.60 Å². The van der Waals surface area contributed by atoms with E-state index in [2.05, 4.69) is 0 Å². The molecule has 0 aromatic heterocycles. The van der Waals surface area contributed by atoms with E-state index in [9.17, 15) is 4.79 Å². The second kappa shape index (κ2) is 7.50. The number of hydrogen-bond acceptors (Lipinski definition) is 4. The Morgan fingerprint density at radius 3 is 2.15 bits per heavy atom. The summed E-state index contributed by atoms with van der Waals surface area (Å²) in [6.45, 7) is 9.92. The van der Waals surface area contributed by atoms with Gasteiger partial charge in [0, 0.05) is 6.54 Å². The van der Waals surface area contributed by atoms with Crippen LogP contribution in [0.25, 0.3) is 0 Å². The summed E-state index contributed by atoms with van der Waals surface area (Å²) in [5.74, 6) is 0.354. The van der Waals surface area contributed by atoms with Crippen molar-refractivity contribution in [3.05, 3.63) is 28.8 Å². The van der Waals surface area contributed by atoms with Gasteiger partial charge >= 0.3 is 5.97 Å². The molecule has 20 heavy (non-hydrogen) atoms. The first kappa shape index (κ1) is 18.7. The predicted molar refractivity (Wildman–Crippen MR) is 82.4 cm³/mol. The van der Waals surface area contributed by atoms with Crippen LogP contribution in [-0.4, -0.2) is 18.2 Å². The van der Waals surface area contributed by atoms with E-state index in [1.807, 2.05) is 26.0 Å². The van der Waals surface area contributed by atoms with Crippen LogP contribution in [0.1, 0.15) is 37.5 Å². The van der Waals surface area contributed by atoms with Gasteiger partial charge in [0.1, 0.15) is 5.75 Å². The van der Waals surface area contributed by atoms with Crippen molar-refractivity contribution in [1.29, 1.82) is 0 Å². The highest BCUT2D eigenvalue weighted by atomic mass is 35.5. The van der Waals surface area contributed by atoms with Gasteiger partial charge in [-0.25, -0.2) is 4.79 Å². The number of benzene rings is 1. The van der Waals surface area contributed by atoms with Crippen molar-refractivity contribution in [1.82, 2.24) is 0 Å². The molecule has 1 aromatic carbocycles. The minimum Gasteiger partial charge on any atom is -0.476 e. The predicted octanol–water partition coefficient (Wildman–Crippen LogP) is 2.90. The molecule has 0 saturated carbocycles. The molecular formula is C15H24ClNO3. The number of ether oxygens (including phenoxy) is 2. The number of esters is 1. The van der Waals surface area contributed by atoms with Crippen LogP contribution in [0.5, 0.6) is 5.75 Å². The average molecular weight is 302 g/mol. The Hall–Kier alpha value is -1.26. The van der Waals surface area contributed by atoms with Gasteiger partial charge in [0.05, 0.1) is 6.61 Å². The Labute approximate surface area is 127 Å². The van der Waals surface area contributed by atoms with E-state index in [0.29, 0.717) is 13.2 Å². The van der Waals surface area contributed by atoms with Gasteiger partial charge < -0.3 is 15.2 Å². The fourth-order valence-corrected chi connectivity index (χ4v) is 1.92. The number of aryl methyl sites for hydroxylation is 2. The molecule has 1 aromatic rings. The Balaban J connectivity index is 0.00000361. The maximum absolute atomic E-state index is 11.8. The van der Waals surface area contributed by atoms with Crippen LogP contribution in [0, 0.1) is 13.8 Å². The molecule has 0 aliphatic carbocycles. The minimum absolute atomic E-state index is 0. The summed E-state index contributed by atoms with van der Waals surface area (Å²) in [6.07, 6.45) is 0. The maximum atomic E-state index is 11.8. The molecule has 0 unspecified atom stereocenters. The normalized spacial score (nSPS) is 10.7. The molecule has 0 radical (unpaired) electrons. The number of halogens is 1. The molecule has 0 heterocycles. The summed E-state index contributed by atoms with van der Waals surface area (Å²) in [5, 5.41) is 0. The van der Waals surface area contributed by atoms with Crippen LogP contribution < -0.4 is 10.5 Å². The molecular weight excluding hydrogens is 278 g/mol. The molecule has 0 amide bonds. The fourth-order valence-electron chi connectivity index (χ4n) is 1.92. The highest BCUT2D eigenvalue weighted by Gasteiger charge is 2.32. The van der Waals surface area contributed by atoms with E-state index in [1.165, 1.54) is 0 Å². The summed E-state index contributed by atoms with van der Waals surface area (Å²) >= 11 is 0. The van der Waals surface area contributed by atoms with E-state index in [1.54, 1.807) is 20.8 Å². The maximum Gasteiger partial charge on any atom is 0.349 e. The van der Waals surface area contributed by atoms with E-state index >= 15 is 0 Å². The van der Waals surface area contributed by atoms with Crippen molar-refractivity contribution in [2.45, 2.75) is 46.8 Å². The van der Waals surface area contributed by atoms with Crippen molar-refractivity contribution in [2.75, 3.05) is 6.61 Å². The molecule has 0 bridgehead atoms. The second-order valence-electron chi connectivity index (χ2n) is 5.10. The molecule has 0 saturated heterocycles. The number of hydrogen-bond donors (Lipinski definition) is 1. The smallest absolute Gasteiger partial charge is 0.349 e. The largest absolute Gasteiger partial charge is 0.476 e. The van der Waals surface area contributed by atoms with Crippen molar-refractivity contribution in [3.63, 3.8) is 0 Å². The summed E-state index contributed by atoms with van der Waals surface area (Å²) in [6, 6.07) is 3.95.